The lowest BCUT2D eigenvalue weighted by Crippen LogP contribution is -2.49. The molecule has 1 fully saturated rings. The molecule has 1 saturated heterocycles. The molecule has 4 heteroatoms. The van der Waals surface area contributed by atoms with E-state index >= 15 is 0 Å². The molecule has 1 aliphatic rings. The Morgan fingerprint density at radius 1 is 1.10 bits per heavy atom. The first-order valence-electron chi connectivity index (χ1n) is 6.88. The van der Waals surface area contributed by atoms with Gasteiger partial charge in [0.2, 0.25) is 5.91 Å². The molecule has 2 aromatic carbocycles. The Hall–Kier alpha value is -2.33. The lowest BCUT2D eigenvalue weighted by molar-refractivity contribution is -0.151. The molecule has 1 aliphatic heterocycles. The molecule has 3 rings (SSSR count). The first-order chi connectivity index (χ1) is 10.2. The van der Waals surface area contributed by atoms with Crippen LogP contribution in [0.15, 0.2) is 54.6 Å². The van der Waals surface area contributed by atoms with Gasteiger partial charge in [-0.3, -0.25) is 4.79 Å². The number of ether oxygens (including phenoxy) is 2. The molecule has 0 aliphatic carbocycles. The van der Waals surface area contributed by atoms with Crippen molar-refractivity contribution in [3.63, 3.8) is 0 Å². The Morgan fingerprint density at radius 2 is 1.76 bits per heavy atom. The molecule has 4 nitrogen and oxygen atoms in total. The van der Waals surface area contributed by atoms with Gasteiger partial charge in [0.05, 0.1) is 24.3 Å². The Morgan fingerprint density at radius 3 is 2.43 bits per heavy atom. The number of nitrogens with one attached hydrogen (secondary N) is 1. The summed E-state index contributed by atoms with van der Waals surface area (Å²) in [6, 6.07) is 16.9. The molecule has 108 valence electrons. The average Bonchev–Trinajstić information content (AvgIpc) is 2.48. The summed E-state index contributed by atoms with van der Waals surface area (Å²) in [5.74, 6) is 1.32. The predicted molar refractivity (Wildman–Crippen MR) is 80.5 cm³/mol. The third-order valence-corrected chi connectivity index (χ3v) is 3.50. The van der Waals surface area contributed by atoms with Crippen molar-refractivity contribution in [2.75, 3.05) is 18.5 Å². The van der Waals surface area contributed by atoms with Crippen LogP contribution < -0.4 is 10.1 Å². The summed E-state index contributed by atoms with van der Waals surface area (Å²) < 4.78 is 11.0. The maximum Gasteiger partial charge on any atom is 0.235 e. The van der Waals surface area contributed by atoms with Crippen molar-refractivity contribution < 1.29 is 14.3 Å². The summed E-state index contributed by atoms with van der Waals surface area (Å²) in [6.45, 7) is 2.81. The van der Waals surface area contributed by atoms with E-state index in [0.717, 1.165) is 5.75 Å². The van der Waals surface area contributed by atoms with Crippen LogP contribution in [0.3, 0.4) is 0 Å². The molecular formula is C17H17NO3. The highest BCUT2D eigenvalue weighted by molar-refractivity contribution is 5.97. The van der Waals surface area contributed by atoms with Crippen LogP contribution in [-0.4, -0.2) is 19.1 Å². The highest BCUT2D eigenvalue weighted by atomic mass is 16.5. The minimum absolute atomic E-state index is 0.0436. The van der Waals surface area contributed by atoms with Crippen LogP contribution in [0.4, 0.5) is 5.69 Å². The number of rotatable bonds is 4. The number of benzene rings is 2. The summed E-state index contributed by atoms with van der Waals surface area (Å²) in [5.41, 5.74) is 0.222. The van der Waals surface area contributed by atoms with Crippen LogP contribution >= 0.6 is 0 Å². The van der Waals surface area contributed by atoms with Crippen LogP contribution in [0.5, 0.6) is 11.5 Å². The van der Waals surface area contributed by atoms with Crippen molar-refractivity contribution in [2.45, 2.75) is 6.92 Å². The molecule has 21 heavy (non-hydrogen) atoms. The molecule has 0 bridgehead atoms. The van der Waals surface area contributed by atoms with Crippen molar-refractivity contribution in [1.82, 2.24) is 0 Å². The third-order valence-electron chi connectivity index (χ3n) is 3.50. The van der Waals surface area contributed by atoms with Gasteiger partial charge in [-0.2, -0.15) is 0 Å². The monoisotopic (exact) mass is 283 g/mol. The zero-order chi connectivity index (χ0) is 14.7. The molecule has 1 amide bonds. The van der Waals surface area contributed by atoms with Gasteiger partial charge >= 0.3 is 0 Å². The molecule has 0 aromatic heterocycles. The van der Waals surface area contributed by atoms with Gasteiger partial charge in [-0.1, -0.05) is 30.3 Å². The Labute approximate surface area is 123 Å². The fraction of sp³-hybridized carbons (Fsp3) is 0.235. The summed E-state index contributed by atoms with van der Waals surface area (Å²) in [7, 11) is 0. The van der Waals surface area contributed by atoms with E-state index in [-0.39, 0.29) is 5.91 Å². The second-order valence-corrected chi connectivity index (χ2v) is 5.42. The topological polar surface area (TPSA) is 47.6 Å². The van der Waals surface area contributed by atoms with Crippen LogP contribution in [0, 0.1) is 5.41 Å². The van der Waals surface area contributed by atoms with E-state index in [1.807, 2.05) is 61.5 Å². The van der Waals surface area contributed by atoms with E-state index in [1.54, 1.807) is 0 Å². The molecule has 0 saturated carbocycles. The van der Waals surface area contributed by atoms with Gasteiger partial charge < -0.3 is 14.8 Å². The molecule has 1 N–H and O–H groups in total. The first-order valence-corrected chi connectivity index (χ1v) is 6.88. The third kappa shape index (κ3) is 2.90. The van der Waals surface area contributed by atoms with Gasteiger partial charge in [-0.05, 0) is 31.2 Å². The molecule has 0 radical (unpaired) electrons. The zero-order valence-corrected chi connectivity index (χ0v) is 11.8. The Balaban J connectivity index is 1.78. The predicted octanol–water partition coefficient (Wildman–Crippen LogP) is 3.45. The SMILES string of the molecule is CC1(C(=O)Nc2ccccc2Oc2ccccc2)COC1. The van der Waals surface area contributed by atoms with Gasteiger partial charge in [0.15, 0.2) is 5.75 Å². The van der Waals surface area contributed by atoms with Crippen molar-refractivity contribution in [1.29, 1.82) is 0 Å². The number of hydrogen-bond donors (Lipinski definition) is 1. The highest BCUT2D eigenvalue weighted by Crippen LogP contribution is 2.32. The maximum absolute atomic E-state index is 12.3. The van der Waals surface area contributed by atoms with E-state index in [9.17, 15) is 4.79 Å². The van der Waals surface area contributed by atoms with Crippen molar-refractivity contribution in [3.8, 4) is 11.5 Å². The van der Waals surface area contributed by atoms with E-state index in [2.05, 4.69) is 5.32 Å². The van der Waals surface area contributed by atoms with Gasteiger partial charge in [0, 0.05) is 0 Å². The summed E-state index contributed by atoms with van der Waals surface area (Å²) >= 11 is 0. The van der Waals surface area contributed by atoms with Gasteiger partial charge in [0.25, 0.3) is 0 Å². The van der Waals surface area contributed by atoms with Gasteiger partial charge in [-0.15, -0.1) is 0 Å². The van der Waals surface area contributed by atoms with Crippen LogP contribution in [0.1, 0.15) is 6.92 Å². The first kappa shape index (κ1) is 13.6. The van der Waals surface area contributed by atoms with Crippen LogP contribution in [-0.2, 0) is 9.53 Å². The van der Waals surface area contributed by atoms with Crippen LogP contribution in [0.2, 0.25) is 0 Å². The zero-order valence-electron chi connectivity index (χ0n) is 11.8. The van der Waals surface area contributed by atoms with Gasteiger partial charge in [0.1, 0.15) is 5.75 Å². The number of carbonyl (C=O) groups excluding carboxylic acids is 1. The molecule has 0 unspecified atom stereocenters. The summed E-state index contributed by atoms with van der Waals surface area (Å²) in [4.78, 5) is 12.3. The Bertz CT molecular complexity index is 635. The standard InChI is InChI=1S/C17H17NO3/c1-17(11-20-12-17)16(19)18-14-9-5-6-10-15(14)21-13-7-3-2-4-8-13/h2-10H,11-12H2,1H3,(H,18,19). The number of hydrogen-bond acceptors (Lipinski definition) is 3. The molecular weight excluding hydrogens is 266 g/mol. The smallest absolute Gasteiger partial charge is 0.235 e. The second kappa shape index (κ2) is 5.58. The van der Waals surface area contributed by atoms with E-state index in [0.29, 0.717) is 24.7 Å². The molecule has 1 heterocycles. The fourth-order valence-corrected chi connectivity index (χ4v) is 2.09. The lowest BCUT2D eigenvalue weighted by Gasteiger charge is -2.36. The lowest BCUT2D eigenvalue weighted by atomic mass is 9.87. The highest BCUT2D eigenvalue weighted by Gasteiger charge is 2.41. The second-order valence-electron chi connectivity index (χ2n) is 5.42. The minimum atomic E-state index is -0.445. The largest absolute Gasteiger partial charge is 0.455 e. The average molecular weight is 283 g/mol. The molecule has 0 atom stereocenters. The number of para-hydroxylation sites is 3. The normalized spacial score (nSPS) is 15.9. The van der Waals surface area contributed by atoms with E-state index in [4.69, 9.17) is 9.47 Å². The Kier molecular flexibility index (Phi) is 3.62. The number of carbonyl (C=O) groups is 1. The van der Waals surface area contributed by atoms with Crippen LogP contribution in [0.25, 0.3) is 0 Å². The minimum Gasteiger partial charge on any atom is -0.455 e. The molecule has 2 aromatic rings. The van der Waals surface area contributed by atoms with Crippen molar-refractivity contribution in [2.24, 2.45) is 5.41 Å². The van der Waals surface area contributed by atoms with Gasteiger partial charge in [-0.25, -0.2) is 0 Å². The van der Waals surface area contributed by atoms with Crippen molar-refractivity contribution >= 4 is 11.6 Å². The summed E-state index contributed by atoms with van der Waals surface area (Å²) in [5, 5.41) is 2.93. The summed E-state index contributed by atoms with van der Waals surface area (Å²) in [6.07, 6.45) is 0. The molecule has 0 spiro atoms. The fourth-order valence-electron chi connectivity index (χ4n) is 2.09. The van der Waals surface area contributed by atoms with Crippen molar-refractivity contribution in [3.05, 3.63) is 54.6 Å². The number of amides is 1. The number of anilines is 1. The maximum atomic E-state index is 12.3. The van der Waals surface area contributed by atoms with E-state index in [1.165, 1.54) is 0 Å². The van der Waals surface area contributed by atoms with E-state index < -0.39 is 5.41 Å². The quantitative estimate of drug-likeness (QED) is 0.934.